The monoisotopic (exact) mass is 346 g/mol. The zero-order chi connectivity index (χ0) is 18.2. The van der Waals surface area contributed by atoms with Crippen molar-refractivity contribution >= 4 is 23.7 Å². The first-order valence-electron chi connectivity index (χ1n) is 7.43. The number of halogens is 1. The van der Waals surface area contributed by atoms with Crippen molar-refractivity contribution in [2.45, 2.75) is 19.4 Å². The van der Waals surface area contributed by atoms with E-state index in [4.69, 9.17) is 4.52 Å². The lowest BCUT2D eigenvalue weighted by Crippen LogP contribution is -2.42. The number of imide groups is 1. The van der Waals surface area contributed by atoms with E-state index in [-0.39, 0.29) is 11.4 Å². The summed E-state index contributed by atoms with van der Waals surface area (Å²) < 4.78 is 18.9. The van der Waals surface area contributed by atoms with Gasteiger partial charge in [-0.3, -0.25) is 14.5 Å². The van der Waals surface area contributed by atoms with Gasteiger partial charge in [-0.15, -0.1) is 0 Å². The zero-order valence-corrected chi connectivity index (χ0v) is 13.5. The summed E-state index contributed by atoms with van der Waals surface area (Å²) in [6.45, 7) is 2.52. The second kappa shape index (κ2) is 6.00. The topological polar surface area (TPSA) is 105 Å². The summed E-state index contributed by atoms with van der Waals surface area (Å²) in [4.78, 5) is 37.6. The molecule has 1 fully saturated rings. The van der Waals surface area contributed by atoms with Crippen LogP contribution >= 0.6 is 0 Å². The molecule has 130 valence electrons. The number of hydrogen-bond acceptors (Lipinski definition) is 5. The van der Waals surface area contributed by atoms with Crippen LogP contribution in [0.2, 0.25) is 0 Å². The van der Waals surface area contributed by atoms with Crippen LogP contribution in [0.25, 0.3) is 0 Å². The van der Waals surface area contributed by atoms with Gasteiger partial charge < -0.3 is 15.2 Å². The molecule has 1 aromatic carbocycles. The summed E-state index contributed by atoms with van der Waals surface area (Å²) >= 11 is 0. The lowest BCUT2D eigenvalue weighted by atomic mass is 9.91. The predicted molar refractivity (Wildman–Crippen MR) is 83.9 cm³/mol. The predicted octanol–water partition coefficient (Wildman–Crippen LogP) is 1.53. The molecule has 4 amide bonds. The van der Waals surface area contributed by atoms with Gasteiger partial charge in [0.25, 0.3) is 5.91 Å². The van der Waals surface area contributed by atoms with E-state index in [9.17, 15) is 18.8 Å². The van der Waals surface area contributed by atoms with E-state index in [1.54, 1.807) is 13.0 Å². The minimum atomic E-state index is -1.58. The number of rotatable bonds is 4. The molecule has 2 aromatic rings. The van der Waals surface area contributed by atoms with Crippen molar-refractivity contribution in [3.63, 3.8) is 0 Å². The third-order valence-electron chi connectivity index (χ3n) is 3.88. The van der Waals surface area contributed by atoms with Crippen LogP contribution in [0.3, 0.4) is 0 Å². The van der Waals surface area contributed by atoms with Gasteiger partial charge in [0.2, 0.25) is 5.91 Å². The number of hydrogen-bond donors (Lipinski definition) is 2. The molecular weight excluding hydrogens is 331 g/mol. The minimum absolute atomic E-state index is 0.0309. The van der Waals surface area contributed by atoms with Crippen molar-refractivity contribution in [3.05, 3.63) is 47.5 Å². The van der Waals surface area contributed by atoms with Crippen LogP contribution in [-0.2, 0) is 15.1 Å². The zero-order valence-electron chi connectivity index (χ0n) is 13.5. The van der Waals surface area contributed by atoms with Gasteiger partial charge in [0.05, 0.1) is 0 Å². The Kier molecular flexibility index (Phi) is 3.99. The fourth-order valence-corrected chi connectivity index (χ4v) is 2.64. The van der Waals surface area contributed by atoms with E-state index in [1.807, 2.05) is 0 Å². The van der Waals surface area contributed by atoms with Crippen LogP contribution in [0.1, 0.15) is 18.2 Å². The third kappa shape index (κ3) is 2.95. The molecule has 0 bridgehead atoms. The number of aryl methyl sites for hydroxylation is 1. The molecule has 2 heterocycles. The largest absolute Gasteiger partial charge is 0.360 e. The molecule has 0 spiro atoms. The highest BCUT2D eigenvalue weighted by Crippen LogP contribution is 2.30. The maximum atomic E-state index is 14.0. The molecule has 1 atom stereocenters. The molecule has 1 unspecified atom stereocenters. The average molecular weight is 346 g/mol. The van der Waals surface area contributed by atoms with E-state index in [0.717, 1.165) is 4.90 Å². The SMILES string of the molecule is Cc1cc(NC(=O)CN2C(=O)NC(C)(c3ccccc3F)C2=O)no1. The lowest BCUT2D eigenvalue weighted by Gasteiger charge is -2.22. The number of aromatic nitrogens is 1. The van der Waals surface area contributed by atoms with E-state index in [2.05, 4.69) is 15.8 Å². The van der Waals surface area contributed by atoms with E-state index >= 15 is 0 Å². The molecule has 1 saturated heterocycles. The number of nitrogens with one attached hydrogen (secondary N) is 2. The number of amides is 4. The van der Waals surface area contributed by atoms with Gasteiger partial charge in [0.1, 0.15) is 23.7 Å². The Morgan fingerprint density at radius 2 is 2.12 bits per heavy atom. The Morgan fingerprint density at radius 1 is 1.40 bits per heavy atom. The smallest absolute Gasteiger partial charge is 0.325 e. The van der Waals surface area contributed by atoms with Crippen molar-refractivity contribution in [1.29, 1.82) is 0 Å². The molecule has 0 radical (unpaired) electrons. The standard InChI is InChI=1S/C16H15FN4O4/c1-9-7-12(20-25-9)18-13(22)8-21-14(23)16(2,19-15(21)24)10-5-3-4-6-11(10)17/h3-7H,8H2,1-2H3,(H,19,24)(H,18,20,22). The van der Waals surface area contributed by atoms with Crippen LogP contribution in [0.15, 0.2) is 34.9 Å². The Bertz CT molecular complexity index is 865. The molecule has 8 nitrogen and oxygen atoms in total. The van der Waals surface area contributed by atoms with Crippen LogP contribution in [0.4, 0.5) is 15.0 Å². The highest BCUT2D eigenvalue weighted by Gasteiger charge is 2.50. The number of benzene rings is 1. The third-order valence-corrected chi connectivity index (χ3v) is 3.88. The van der Waals surface area contributed by atoms with E-state index in [0.29, 0.717) is 5.76 Å². The fraction of sp³-hybridized carbons (Fsp3) is 0.250. The Labute approximate surface area is 142 Å². The van der Waals surface area contributed by atoms with Crippen LogP contribution < -0.4 is 10.6 Å². The maximum absolute atomic E-state index is 14.0. The second-order valence-corrected chi connectivity index (χ2v) is 5.80. The van der Waals surface area contributed by atoms with Crippen molar-refractivity contribution < 1.29 is 23.3 Å². The molecule has 1 aliphatic rings. The molecule has 1 aliphatic heterocycles. The highest BCUT2D eigenvalue weighted by molar-refractivity contribution is 6.10. The maximum Gasteiger partial charge on any atom is 0.325 e. The van der Waals surface area contributed by atoms with E-state index in [1.165, 1.54) is 31.2 Å². The van der Waals surface area contributed by atoms with Gasteiger partial charge in [-0.25, -0.2) is 9.18 Å². The van der Waals surface area contributed by atoms with Crippen LogP contribution in [-0.4, -0.2) is 34.4 Å². The van der Waals surface area contributed by atoms with Crippen molar-refractivity contribution in [3.8, 4) is 0 Å². The first-order valence-corrected chi connectivity index (χ1v) is 7.43. The van der Waals surface area contributed by atoms with Crippen molar-refractivity contribution in [2.75, 3.05) is 11.9 Å². The Hall–Kier alpha value is -3.23. The number of anilines is 1. The fourth-order valence-electron chi connectivity index (χ4n) is 2.64. The first-order chi connectivity index (χ1) is 11.8. The lowest BCUT2D eigenvalue weighted by molar-refractivity contribution is -0.133. The van der Waals surface area contributed by atoms with Gasteiger partial charge in [0, 0.05) is 11.6 Å². The molecule has 0 aliphatic carbocycles. The number of carbonyl (C=O) groups excluding carboxylic acids is 3. The number of urea groups is 1. The summed E-state index contributed by atoms with van der Waals surface area (Å²) in [5, 5.41) is 8.46. The number of nitrogens with zero attached hydrogens (tertiary/aromatic N) is 2. The minimum Gasteiger partial charge on any atom is -0.360 e. The summed E-state index contributed by atoms with van der Waals surface area (Å²) in [7, 11) is 0. The van der Waals surface area contributed by atoms with Gasteiger partial charge >= 0.3 is 6.03 Å². The number of carbonyl (C=O) groups is 3. The summed E-state index contributed by atoms with van der Waals surface area (Å²) in [5.41, 5.74) is -1.55. The van der Waals surface area contributed by atoms with Gasteiger partial charge in [0.15, 0.2) is 5.82 Å². The molecule has 9 heteroatoms. The first kappa shape index (κ1) is 16.6. The molecule has 25 heavy (non-hydrogen) atoms. The molecule has 3 rings (SSSR count). The summed E-state index contributed by atoms with van der Waals surface area (Å²) in [6, 6.07) is 6.37. The van der Waals surface area contributed by atoms with Gasteiger partial charge in [-0.05, 0) is 19.9 Å². The van der Waals surface area contributed by atoms with Gasteiger partial charge in [-0.1, -0.05) is 23.4 Å². The molecule has 1 aromatic heterocycles. The van der Waals surface area contributed by atoms with Crippen molar-refractivity contribution in [1.82, 2.24) is 15.4 Å². The quantitative estimate of drug-likeness (QED) is 0.817. The highest BCUT2D eigenvalue weighted by atomic mass is 19.1. The van der Waals surface area contributed by atoms with Crippen LogP contribution in [0.5, 0.6) is 0 Å². The van der Waals surface area contributed by atoms with Crippen LogP contribution in [0, 0.1) is 12.7 Å². The molecular formula is C16H15FN4O4. The van der Waals surface area contributed by atoms with E-state index < -0.39 is 35.7 Å². The molecule has 2 N–H and O–H groups in total. The second-order valence-electron chi connectivity index (χ2n) is 5.80. The van der Waals surface area contributed by atoms with Crippen molar-refractivity contribution in [2.24, 2.45) is 0 Å². The molecule has 0 saturated carbocycles. The normalized spacial score (nSPS) is 19.9. The Balaban J connectivity index is 1.77. The Morgan fingerprint density at radius 3 is 2.76 bits per heavy atom. The van der Waals surface area contributed by atoms with Gasteiger partial charge in [-0.2, -0.15) is 0 Å². The summed E-state index contributed by atoms with van der Waals surface area (Å²) in [6.07, 6.45) is 0. The average Bonchev–Trinajstić information content (AvgIpc) is 3.04. The summed E-state index contributed by atoms with van der Waals surface area (Å²) in [5.74, 6) is -1.30.